The summed E-state index contributed by atoms with van der Waals surface area (Å²) in [7, 11) is 0. The summed E-state index contributed by atoms with van der Waals surface area (Å²) >= 11 is 0. The van der Waals surface area contributed by atoms with Crippen molar-refractivity contribution >= 4 is 11.3 Å². The summed E-state index contributed by atoms with van der Waals surface area (Å²) in [5, 5.41) is 4.47. The molecule has 0 saturated carbocycles. The monoisotopic (exact) mass is 349 g/mol. The molecule has 4 rings (SSSR count). The van der Waals surface area contributed by atoms with E-state index in [4.69, 9.17) is 0 Å². The molecule has 0 spiro atoms. The molecule has 0 unspecified atom stereocenters. The quantitative estimate of drug-likeness (QED) is 0.534. The Balaban J connectivity index is 1.86. The van der Waals surface area contributed by atoms with Gasteiger partial charge in [-0.05, 0) is 11.1 Å². The molecule has 0 saturated heterocycles. The van der Waals surface area contributed by atoms with Gasteiger partial charge in [-0.3, -0.25) is 0 Å². The average Bonchev–Trinajstić information content (AvgIpc) is 3.17. The smallest absolute Gasteiger partial charge is 0.237 e. The summed E-state index contributed by atoms with van der Waals surface area (Å²) in [5.74, 6) is 0. The van der Waals surface area contributed by atoms with Crippen molar-refractivity contribution in [2.24, 2.45) is 0 Å². The summed E-state index contributed by atoms with van der Waals surface area (Å²) in [5.41, 5.74) is 4.15. The van der Waals surface area contributed by atoms with Crippen molar-refractivity contribution in [2.45, 2.75) is 52.0 Å². The van der Waals surface area contributed by atoms with E-state index in [2.05, 4.69) is 71.1 Å². The van der Waals surface area contributed by atoms with Crippen molar-refractivity contribution in [3.8, 4) is 0 Å². The molecule has 0 aromatic carbocycles. The van der Waals surface area contributed by atoms with Crippen LogP contribution in [-0.2, 0) is 17.4 Å². The third kappa shape index (κ3) is 2.66. The molecule has 0 bridgehead atoms. The van der Waals surface area contributed by atoms with Crippen molar-refractivity contribution in [2.75, 3.05) is 0 Å². The van der Waals surface area contributed by atoms with E-state index in [0.29, 0.717) is 0 Å². The van der Waals surface area contributed by atoms with E-state index in [0.717, 1.165) is 23.4 Å². The van der Waals surface area contributed by atoms with Gasteiger partial charge in [0, 0.05) is 34.9 Å². The van der Waals surface area contributed by atoms with Crippen LogP contribution >= 0.6 is 0 Å². The first-order valence-corrected chi connectivity index (χ1v) is 8.93. The Bertz CT molecular complexity index is 1080. The molecular formula is C20H25N6+. The van der Waals surface area contributed by atoms with Crippen LogP contribution < -0.4 is 4.52 Å². The lowest BCUT2D eigenvalue weighted by Gasteiger charge is -2.27. The Morgan fingerprint density at radius 2 is 1.81 bits per heavy atom. The van der Waals surface area contributed by atoms with Crippen molar-refractivity contribution in [1.29, 1.82) is 0 Å². The van der Waals surface area contributed by atoms with E-state index < -0.39 is 0 Å². The SMILES string of the molecule is CC(C)(C)c1cc2nccc[n+]2n1CC(C)(C)c1cnn2cccnc12. The standard InChI is InChI=1S/C20H25N6/c1-19(2,3)16-12-17-21-8-7-11-25(17)26(16)14-20(4,5)15-13-23-24-10-6-9-22-18(15)24/h6-13H,14H2,1-5H3/q+1. The Morgan fingerprint density at radius 1 is 1.04 bits per heavy atom. The van der Waals surface area contributed by atoms with Crippen LogP contribution in [0.3, 0.4) is 0 Å². The summed E-state index contributed by atoms with van der Waals surface area (Å²) < 4.78 is 6.31. The van der Waals surface area contributed by atoms with Gasteiger partial charge in [-0.15, -0.1) is 4.52 Å². The molecule has 6 nitrogen and oxygen atoms in total. The number of rotatable bonds is 3. The zero-order valence-electron chi connectivity index (χ0n) is 16.0. The van der Waals surface area contributed by atoms with E-state index >= 15 is 0 Å². The first kappa shape index (κ1) is 16.7. The highest BCUT2D eigenvalue weighted by Crippen LogP contribution is 2.30. The van der Waals surface area contributed by atoms with Crippen molar-refractivity contribution < 1.29 is 4.52 Å². The molecular weight excluding hydrogens is 324 g/mol. The maximum Gasteiger partial charge on any atom is 0.348 e. The van der Waals surface area contributed by atoms with Gasteiger partial charge in [0.15, 0.2) is 5.65 Å². The molecule has 134 valence electrons. The molecule has 0 amide bonds. The minimum Gasteiger partial charge on any atom is -0.237 e. The summed E-state index contributed by atoms with van der Waals surface area (Å²) in [6.07, 6.45) is 9.61. The molecule has 4 aromatic heterocycles. The molecule has 4 heterocycles. The highest BCUT2D eigenvalue weighted by molar-refractivity contribution is 5.49. The molecule has 26 heavy (non-hydrogen) atoms. The van der Waals surface area contributed by atoms with Gasteiger partial charge in [-0.25, -0.2) is 14.2 Å². The molecule has 0 fully saturated rings. The predicted molar refractivity (Wildman–Crippen MR) is 100 cm³/mol. The van der Waals surface area contributed by atoms with E-state index in [-0.39, 0.29) is 10.8 Å². The van der Waals surface area contributed by atoms with Crippen LogP contribution in [0, 0.1) is 0 Å². The summed E-state index contributed by atoms with van der Waals surface area (Å²) in [6, 6.07) is 6.06. The Morgan fingerprint density at radius 3 is 2.58 bits per heavy atom. The Labute approximate surface area is 153 Å². The van der Waals surface area contributed by atoms with Crippen molar-refractivity contribution in [3.63, 3.8) is 0 Å². The van der Waals surface area contributed by atoms with Crippen molar-refractivity contribution in [3.05, 3.63) is 60.4 Å². The van der Waals surface area contributed by atoms with Gasteiger partial charge < -0.3 is 0 Å². The van der Waals surface area contributed by atoms with Gasteiger partial charge in [0.1, 0.15) is 12.4 Å². The van der Waals surface area contributed by atoms with E-state index in [9.17, 15) is 0 Å². The normalized spacial score (nSPS) is 13.0. The Kier molecular flexibility index (Phi) is 3.61. The summed E-state index contributed by atoms with van der Waals surface area (Å²) in [4.78, 5) is 9.07. The largest absolute Gasteiger partial charge is 0.348 e. The fraction of sp³-hybridized carbons (Fsp3) is 0.400. The van der Waals surface area contributed by atoms with Crippen LogP contribution in [0.5, 0.6) is 0 Å². The molecule has 0 aliphatic carbocycles. The van der Waals surface area contributed by atoms with Crippen LogP contribution in [0.25, 0.3) is 11.3 Å². The van der Waals surface area contributed by atoms with Crippen LogP contribution in [0.1, 0.15) is 45.9 Å². The topological polar surface area (TPSA) is 52.1 Å². The van der Waals surface area contributed by atoms with Gasteiger partial charge in [-0.1, -0.05) is 34.6 Å². The second-order valence-corrected chi connectivity index (χ2v) is 8.49. The average molecular weight is 349 g/mol. The maximum atomic E-state index is 4.54. The lowest BCUT2D eigenvalue weighted by Crippen LogP contribution is -2.41. The fourth-order valence-corrected chi connectivity index (χ4v) is 3.52. The number of aromatic nitrogens is 6. The molecule has 4 aromatic rings. The van der Waals surface area contributed by atoms with Gasteiger partial charge in [0.25, 0.3) is 0 Å². The van der Waals surface area contributed by atoms with Gasteiger partial charge in [-0.2, -0.15) is 5.10 Å². The molecule has 0 radical (unpaired) electrons. The van der Waals surface area contributed by atoms with Gasteiger partial charge in [0.2, 0.25) is 0 Å². The van der Waals surface area contributed by atoms with E-state index in [1.165, 1.54) is 5.69 Å². The first-order chi connectivity index (χ1) is 12.3. The summed E-state index contributed by atoms with van der Waals surface area (Å²) in [6.45, 7) is 12.0. The Hall–Kier alpha value is -2.76. The maximum absolute atomic E-state index is 4.54. The van der Waals surface area contributed by atoms with Crippen LogP contribution in [-0.4, -0.2) is 24.3 Å². The third-order valence-electron chi connectivity index (χ3n) is 4.88. The molecule has 6 heteroatoms. The first-order valence-electron chi connectivity index (χ1n) is 8.93. The second kappa shape index (κ2) is 5.62. The van der Waals surface area contributed by atoms with Crippen LogP contribution in [0.4, 0.5) is 0 Å². The predicted octanol–water partition coefficient (Wildman–Crippen LogP) is 2.94. The second-order valence-electron chi connectivity index (χ2n) is 8.49. The highest BCUT2D eigenvalue weighted by atomic mass is 15.4. The lowest BCUT2D eigenvalue weighted by molar-refractivity contribution is -0.614. The molecule has 0 N–H and O–H groups in total. The number of nitrogens with zero attached hydrogens (tertiary/aromatic N) is 6. The highest BCUT2D eigenvalue weighted by Gasteiger charge is 2.32. The van der Waals surface area contributed by atoms with Crippen LogP contribution in [0.2, 0.25) is 0 Å². The van der Waals surface area contributed by atoms with E-state index in [1.54, 1.807) is 0 Å². The molecule has 0 aliphatic heterocycles. The van der Waals surface area contributed by atoms with Gasteiger partial charge >= 0.3 is 5.65 Å². The minimum absolute atomic E-state index is 0.0170. The molecule has 0 aliphatic rings. The van der Waals surface area contributed by atoms with Crippen LogP contribution in [0.15, 0.2) is 49.2 Å². The molecule has 0 atom stereocenters. The zero-order valence-corrected chi connectivity index (χ0v) is 16.0. The minimum atomic E-state index is -0.148. The van der Waals surface area contributed by atoms with Gasteiger partial charge in [0.05, 0.1) is 24.5 Å². The zero-order chi connectivity index (χ0) is 18.5. The number of hydrogen-bond acceptors (Lipinski definition) is 3. The third-order valence-corrected chi connectivity index (χ3v) is 4.88. The fourth-order valence-electron chi connectivity index (χ4n) is 3.52. The van der Waals surface area contributed by atoms with E-state index in [1.807, 2.05) is 41.4 Å². The number of hydrogen-bond donors (Lipinski definition) is 0. The number of fused-ring (bicyclic) bond motifs is 2. The lowest BCUT2D eigenvalue weighted by atomic mass is 9.85. The van der Waals surface area contributed by atoms with Crippen molar-refractivity contribution in [1.82, 2.24) is 24.3 Å².